The van der Waals surface area contributed by atoms with E-state index in [9.17, 15) is 22.7 Å². The van der Waals surface area contributed by atoms with Crippen LogP contribution in [-0.2, 0) is 10.9 Å². The monoisotopic (exact) mass is 423 g/mol. The van der Waals surface area contributed by atoms with Crippen molar-refractivity contribution in [3.8, 4) is 17.0 Å². The van der Waals surface area contributed by atoms with Crippen LogP contribution < -0.4 is 4.90 Å². The second kappa shape index (κ2) is 6.53. The largest absolute Gasteiger partial charge is 0.505 e. The van der Waals surface area contributed by atoms with Gasteiger partial charge in [-0.2, -0.15) is 23.3 Å². The minimum atomic E-state index is -4.95. The van der Waals surface area contributed by atoms with Crippen LogP contribution in [0.3, 0.4) is 0 Å². The molecule has 158 valence electrons. The molecule has 7 nitrogen and oxygen atoms in total. The molecule has 11 heteroatoms. The number of aromatic hydroxyl groups is 1. The summed E-state index contributed by atoms with van der Waals surface area (Å²) in [7, 11) is 0. The number of benzene rings is 1. The Kier molecular flexibility index (Phi) is 4.14. The number of H-pyrrole nitrogens is 1. The van der Waals surface area contributed by atoms with Crippen LogP contribution in [-0.4, -0.2) is 51.6 Å². The number of anilines is 1. The Balaban J connectivity index is 1.46. The molecule has 2 fully saturated rings. The molecule has 0 saturated carbocycles. The number of hydrogen-bond donors (Lipinski definition) is 2. The van der Waals surface area contributed by atoms with Crippen LogP contribution in [0.25, 0.3) is 22.3 Å². The molecular formula is C19H17F4N5O2. The van der Waals surface area contributed by atoms with Crippen LogP contribution in [0.1, 0.15) is 18.4 Å². The summed E-state index contributed by atoms with van der Waals surface area (Å²) in [6.45, 7) is 3.14. The van der Waals surface area contributed by atoms with Crippen molar-refractivity contribution in [1.29, 1.82) is 0 Å². The average Bonchev–Trinajstić information content (AvgIpc) is 3.11. The molecule has 30 heavy (non-hydrogen) atoms. The summed E-state index contributed by atoms with van der Waals surface area (Å²) in [6, 6.07) is 1.54. The Hall–Kier alpha value is -2.95. The quantitative estimate of drug-likeness (QED) is 0.614. The molecule has 0 radical (unpaired) electrons. The molecule has 0 bridgehead atoms. The fourth-order valence-electron chi connectivity index (χ4n) is 4.15. The summed E-state index contributed by atoms with van der Waals surface area (Å²) < 4.78 is 58.4. The maximum absolute atomic E-state index is 13.7. The zero-order chi connectivity index (χ0) is 21.1. The first-order valence-corrected chi connectivity index (χ1v) is 9.40. The Morgan fingerprint density at radius 1 is 1.17 bits per heavy atom. The molecule has 2 saturated heterocycles. The van der Waals surface area contributed by atoms with Gasteiger partial charge in [0, 0.05) is 43.5 Å². The second-order valence-corrected chi connectivity index (χ2v) is 7.83. The molecule has 4 heterocycles. The van der Waals surface area contributed by atoms with Crippen molar-refractivity contribution in [2.75, 3.05) is 31.2 Å². The molecule has 2 aliphatic heterocycles. The number of nitrogens with one attached hydrogen (secondary N) is 1. The van der Waals surface area contributed by atoms with E-state index in [1.807, 2.05) is 4.90 Å². The average molecular weight is 423 g/mol. The van der Waals surface area contributed by atoms with E-state index in [0.29, 0.717) is 17.4 Å². The lowest BCUT2D eigenvalue weighted by atomic mass is 9.73. The van der Waals surface area contributed by atoms with Gasteiger partial charge in [0.05, 0.1) is 16.6 Å². The van der Waals surface area contributed by atoms with Crippen LogP contribution in [0.15, 0.2) is 18.3 Å². The molecule has 0 aliphatic carbocycles. The summed E-state index contributed by atoms with van der Waals surface area (Å²) in [4.78, 5) is 10.8. The number of fused-ring (bicyclic) bond motifs is 1. The van der Waals surface area contributed by atoms with Crippen molar-refractivity contribution in [3.63, 3.8) is 0 Å². The number of phenolic OH excluding ortho intramolecular Hbond substituents is 1. The third kappa shape index (κ3) is 3.04. The first-order chi connectivity index (χ1) is 14.3. The number of ether oxygens (including phenoxy) is 1. The minimum Gasteiger partial charge on any atom is -0.505 e. The van der Waals surface area contributed by atoms with Crippen LogP contribution in [0.2, 0.25) is 0 Å². The minimum absolute atomic E-state index is 0.0646. The lowest BCUT2D eigenvalue weighted by Crippen LogP contribution is -2.59. The SMILES string of the molecule is Oc1cc(-c2[nH]nc3nc(N4CC5(CCOCC5)C4)ncc23)cc(C(F)(F)F)c1F. The fourth-order valence-corrected chi connectivity index (χ4v) is 4.15. The number of alkyl halides is 3. The Morgan fingerprint density at radius 2 is 1.90 bits per heavy atom. The standard InChI is InChI=1S/C19H17F4N5O2/c20-14-12(19(21,22)23)5-10(6-13(14)29)15-11-7-24-17(25-16(11)27-26-15)28-8-18(9-28)1-3-30-4-2-18/h5-7,29H,1-4,8-9H2,(H,24,25,26,27). The van der Waals surface area contributed by atoms with E-state index >= 15 is 0 Å². The summed E-state index contributed by atoms with van der Waals surface area (Å²) in [6.07, 6.45) is -1.49. The van der Waals surface area contributed by atoms with Gasteiger partial charge in [0.2, 0.25) is 5.95 Å². The maximum atomic E-state index is 13.7. The predicted molar refractivity (Wildman–Crippen MR) is 98.4 cm³/mol. The van der Waals surface area contributed by atoms with Crippen molar-refractivity contribution in [2.24, 2.45) is 5.41 Å². The lowest BCUT2D eigenvalue weighted by Gasteiger charge is -2.52. The fraction of sp³-hybridized carbons (Fsp3) is 0.421. The first-order valence-electron chi connectivity index (χ1n) is 9.40. The van der Waals surface area contributed by atoms with Gasteiger partial charge in [-0.05, 0) is 25.0 Å². The molecule has 2 N–H and O–H groups in total. The van der Waals surface area contributed by atoms with Crippen molar-refractivity contribution < 1.29 is 27.4 Å². The Morgan fingerprint density at radius 3 is 2.60 bits per heavy atom. The van der Waals surface area contributed by atoms with Gasteiger partial charge in [0.25, 0.3) is 0 Å². The number of nitrogens with zero attached hydrogens (tertiary/aromatic N) is 4. The van der Waals surface area contributed by atoms with Crippen molar-refractivity contribution >= 4 is 17.0 Å². The normalized spacial score (nSPS) is 18.7. The predicted octanol–water partition coefficient (Wildman–Crippen LogP) is 3.50. The summed E-state index contributed by atoms with van der Waals surface area (Å²) >= 11 is 0. The number of aromatic nitrogens is 4. The van der Waals surface area contributed by atoms with Crippen molar-refractivity contribution in [2.45, 2.75) is 19.0 Å². The molecule has 0 unspecified atom stereocenters. The number of phenols is 1. The Bertz CT molecular complexity index is 1120. The molecule has 1 aromatic carbocycles. The highest BCUT2D eigenvalue weighted by atomic mass is 19.4. The van der Waals surface area contributed by atoms with Crippen molar-refractivity contribution in [3.05, 3.63) is 29.7 Å². The van der Waals surface area contributed by atoms with Gasteiger partial charge in [-0.3, -0.25) is 5.10 Å². The smallest absolute Gasteiger partial charge is 0.419 e. The zero-order valence-electron chi connectivity index (χ0n) is 15.6. The zero-order valence-corrected chi connectivity index (χ0v) is 15.6. The van der Waals surface area contributed by atoms with Gasteiger partial charge in [0.1, 0.15) is 0 Å². The lowest BCUT2D eigenvalue weighted by molar-refractivity contribution is -0.140. The molecule has 1 spiro atoms. The number of aromatic amines is 1. The topological polar surface area (TPSA) is 87.2 Å². The van der Waals surface area contributed by atoms with E-state index < -0.39 is 23.3 Å². The molecule has 2 aliphatic rings. The van der Waals surface area contributed by atoms with E-state index in [1.165, 1.54) is 6.20 Å². The van der Waals surface area contributed by atoms with Crippen molar-refractivity contribution in [1.82, 2.24) is 20.2 Å². The van der Waals surface area contributed by atoms with E-state index in [1.54, 1.807) is 0 Å². The maximum Gasteiger partial charge on any atom is 0.419 e. The van der Waals surface area contributed by atoms with E-state index in [0.717, 1.165) is 45.2 Å². The third-order valence-corrected chi connectivity index (χ3v) is 5.84. The van der Waals surface area contributed by atoms with Crippen LogP contribution >= 0.6 is 0 Å². The van der Waals surface area contributed by atoms with Gasteiger partial charge in [-0.25, -0.2) is 9.37 Å². The second-order valence-electron chi connectivity index (χ2n) is 7.83. The molecular weight excluding hydrogens is 406 g/mol. The van der Waals surface area contributed by atoms with Crippen LogP contribution in [0, 0.1) is 11.2 Å². The van der Waals surface area contributed by atoms with Gasteiger partial charge in [-0.15, -0.1) is 0 Å². The summed E-state index contributed by atoms with van der Waals surface area (Å²) in [5.41, 5.74) is -0.945. The Labute approximate surface area is 167 Å². The van der Waals surface area contributed by atoms with Gasteiger partial charge >= 0.3 is 6.18 Å². The van der Waals surface area contributed by atoms with Crippen LogP contribution in [0.5, 0.6) is 5.75 Å². The molecule has 0 atom stereocenters. The third-order valence-electron chi connectivity index (χ3n) is 5.84. The molecule has 5 rings (SSSR count). The van der Waals surface area contributed by atoms with E-state index in [4.69, 9.17) is 4.74 Å². The highest BCUT2D eigenvalue weighted by Gasteiger charge is 2.45. The summed E-state index contributed by atoms with van der Waals surface area (Å²) in [5, 5.41) is 16.7. The number of rotatable bonds is 2. The van der Waals surface area contributed by atoms with E-state index in [2.05, 4.69) is 20.2 Å². The molecule has 2 aromatic heterocycles. The highest BCUT2D eigenvalue weighted by Crippen LogP contribution is 2.42. The van der Waals surface area contributed by atoms with E-state index in [-0.39, 0.29) is 22.3 Å². The number of hydrogen-bond acceptors (Lipinski definition) is 6. The van der Waals surface area contributed by atoms with Gasteiger partial charge in [-0.1, -0.05) is 0 Å². The molecule has 0 amide bonds. The highest BCUT2D eigenvalue weighted by molar-refractivity contribution is 5.91. The number of halogens is 4. The van der Waals surface area contributed by atoms with Gasteiger partial charge < -0.3 is 14.7 Å². The summed E-state index contributed by atoms with van der Waals surface area (Å²) in [5.74, 6) is -2.31. The van der Waals surface area contributed by atoms with Crippen LogP contribution in [0.4, 0.5) is 23.5 Å². The molecule has 3 aromatic rings. The van der Waals surface area contributed by atoms with Gasteiger partial charge in [0.15, 0.2) is 17.2 Å². The first kappa shape index (κ1) is 19.0.